The van der Waals surface area contributed by atoms with Crippen LogP contribution >= 0.6 is 0 Å². The van der Waals surface area contributed by atoms with Gasteiger partial charge < -0.3 is 10.6 Å². The molecular weight excluding hydrogens is 374 g/mol. The van der Waals surface area contributed by atoms with Gasteiger partial charge in [0, 0.05) is 12.0 Å². The molecule has 2 amide bonds. The fourth-order valence-electron chi connectivity index (χ4n) is 4.69. The van der Waals surface area contributed by atoms with Gasteiger partial charge in [0.1, 0.15) is 11.6 Å². The van der Waals surface area contributed by atoms with Crippen molar-refractivity contribution >= 4 is 11.8 Å². The summed E-state index contributed by atoms with van der Waals surface area (Å²) in [6.07, 6.45) is 3.71. The summed E-state index contributed by atoms with van der Waals surface area (Å²) in [5, 5.41) is 6.01. The Morgan fingerprint density at radius 2 is 1.72 bits per heavy atom. The molecule has 0 aromatic heterocycles. The molecule has 152 valence electrons. The highest BCUT2D eigenvalue weighted by atomic mass is 19.1. The molecule has 4 nitrogen and oxygen atoms in total. The summed E-state index contributed by atoms with van der Waals surface area (Å²) in [4.78, 5) is 25.4. The minimum atomic E-state index is -0.889. The molecule has 2 fully saturated rings. The number of amides is 2. The van der Waals surface area contributed by atoms with E-state index in [1.54, 1.807) is 30.3 Å². The molecule has 1 aliphatic heterocycles. The minimum absolute atomic E-state index is 0.102. The van der Waals surface area contributed by atoms with Crippen molar-refractivity contribution in [3.8, 4) is 0 Å². The smallest absolute Gasteiger partial charge is 0.231 e. The Kier molecular flexibility index (Phi) is 5.35. The molecule has 2 unspecified atom stereocenters. The van der Waals surface area contributed by atoms with E-state index < -0.39 is 11.5 Å². The van der Waals surface area contributed by atoms with E-state index in [1.807, 2.05) is 0 Å². The average Bonchev–Trinajstić information content (AvgIpc) is 3.21. The van der Waals surface area contributed by atoms with E-state index >= 15 is 0 Å². The van der Waals surface area contributed by atoms with E-state index in [1.165, 1.54) is 18.2 Å². The molecule has 0 radical (unpaired) electrons. The van der Waals surface area contributed by atoms with Gasteiger partial charge in [0.15, 0.2) is 0 Å². The van der Waals surface area contributed by atoms with Gasteiger partial charge in [-0.2, -0.15) is 0 Å². The zero-order chi connectivity index (χ0) is 20.4. The van der Waals surface area contributed by atoms with Gasteiger partial charge in [-0.25, -0.2) is 8.78 Å². The van der Waals surface area contributed by atoms with E-state index in [2.05, 4.69) is 10.6 Å². The summed E-state index contributed by atoms with van der Waals surface area (Å²) < 4.78 is 27.9. The van der Waals surface area contributed by atoms with Crippen molar-refractivity contribution in [2.75, 3.05) is 0 Å². The third-order valence-electron chi connectivity index (χ3n) is 6.23. The van der Waals surface area contributed by atoms with Crippen LogP contribution in [0.1, 0.15) is 55.7 Å². The fourth-order valence-corrected chi connectivity index (χ4v) is 4.69. The predicted molar refractivity (Wildman–Crippen MR) is 105 cm³/mol. The average molecular weight is 398 g/mol. The Bertz CT molecular complexity index is 907. The lowest BCUT2D eigenvalue weighted by molar-refractivity contribution is -0.130. The molecule has 2 atom stereocenters. The first-order valence-electron chi connectivity index (χ1n) is 10.1. The third kappa shape index (κ3) is 3.76. The number of nitrogens with one attached hydrogen (secondary N) is 2. The maximum atomic E-state index is 14.6. The standard InChI is InChI=1S/C23H24F2N2O2/c24-16-9-7-15(8-10-16)21-19(11-12-20(28)27-21)26-22(29)23(13-3-4-14-23)17-5-1-2-6-18(17)25/h1-2,5-10,19,21H,3-4,11-14H2,(H,26,29)(H,27,28). The van der Waals surface area contributed by atoms with Gasteiger partial charge in [0.05, 0.1) is 17.5 Å². The minimum Gasteiger partial charge on any atom is -0.350 e. The molecule has 0 spiro atoms. The molecule has 4 rings (SSSR count). The Balaban J connectivity index is 1.61. The first-order chi connectivity index (χ1) is 14.0. The van der Waals surface area contributed by atoms with E-state index in [0.29, 0.717) is 31.2 Å². The highest BCUT2D eigenvalue weighted by Gasteiger charge is 2.45. The van der Waals surface area contributed by atoms with Crippen LogP contribution in [0, 0.1) is 11.6 Å². The summed E-state index contributed by atoms with van der Waals surface area (Å²) in [5.41, 5.74) is 0.282. The maximum absolute atomic E-state index is 14.6. The van der Waals surface area contributed by atoms with Gasteiger partial charge in [0.25, 0.3) is 0 Å². The molecule has 1 aliphatic carbocycles. The van der Waals surface area contributed by atoms with Gasteiger partial charge in [-0.05, 0) is 43.0 Å². The molecule has 1 heterocycles. The van der Waals surface area contributed by atoms with Crippen molar-refractivity contribution in [1.82, 2.24) is 10.6 Å². The number of halogens is 2. The Morgan fingerprint density at radius 3 is 2.41 bits per heavy atom. The molecule has 1 saturated carbocycles. The second-order valence-corrected chi connectivity index (χ2v) is 7.98. The second-order valence-electron chi connectivity index (χ2n) is 7.98. The van der Waals surface area contributed by atoms with Crippen LogP contribution in [0.5, 0.6) is 0 Å². The molecule has 2 aromatic rings. The number of carbonyl (C=O) groups is 2. The van der Waals surface area contributed by atoms with Gasteiger partial charge in [-0.15, -0.1) is 0 Å². The van der Waals surface area contributed by atoms with Crippen LogP contribution in [0.2, 0.25) is 0 Å². The summed E-state index contributed by atoms with van der Waals surface area (Å²) in [6, 6.07) is 11.6. The molecule has 29 heavy (non-hydrogen) atoms. The first-order valence-corrected chi connectivity index (χ1v) is 10.1. The Labute approximate surface area is 168 Å². The third-order valence-corrected chi connectivity index (χ3v) is 6.23. The van der Waals surface area contributed by atoms with Gasteiger partial charge in [0.2, 0.25) is 11.8 Å². The highest BCUT2D eigenvalue weighted by Crippen LogP contribution is 2.43. The molecule has 2 aliphatic rings. The van der Waals surface area contributed by atoms with Crippen molar-refractivity contribution in [2.45, 2.75) is 56.0 Å². The van der Waals surface area contributed by atoms with Crippen LogP contribution in [0.4, 0.5) is 8.78 Å². The molecule has 6 heteroatoms. The molecule has 2 aromatic carbocycles. The highest BCUT2D eigenvalue weighted by molar-refractivity contribution is 5.89. The number of piperidine rings is 1. The SMILES string of the molecule is O=C1CCC(NC(=O)C2(c3ccccc3F)CCCC2)C(c2ccc(F)cc2)N1. The molecule has 0 bridgehead atoms. The Hall–Kier alpha value is -2.76. The number of carbonyl (C=O) groups excluding carboxylic acids is 2. The quantitative estimate of drug-likeness (QED) is 0.820. The van der Waals surface area contributed by atoms with Crippen molar-refractivity contribution in [2.24, 2.45) is 0 Å². The lowest BCUT2D eigenvalue weighted by atomic mass is 9.77. The van der Waals surface area contributed by atoms with Crippen LogP contribution in [-0.4, -0.2) is 17.9 Å². The van der Waals surface area contributed by atoms with Crippen LogP contribution in [0.25, 0.3) is 0 Å². The molecular formula is C23H24F2N2O2. The number of hydrogen-bond donors (Lipinski definition) is 2. The van der Waals surface area contributed by atoms with Gasteiger partial charge >= 0.3 is 0 Å². The van der Waals surface area contributed by atoms with Crippen LogP contribution in [0.3, 0.4) is 0 Å². The first kappa shape index (κ1) is 19.6. The Morgan fingerprint density at radius 1 is 1.03 bits per heavy atom. The summed E-state index contributed by atoms with van der Waals surface area (Å²) in [5.74, 6) is -1.03. The van der Waals surface area contributed by atoms with E-state index in [4.69, 9.17) is 0 Å². The topological polar surface area (TPSA) is 58.2 Å². The lowest BCUT2D eigenvalue weighted by Crippen LogP contribution is -2.54. The largest absolute Gasteiger partial charge is 0.350 e. The monoisotopic (exact) mass is 398 g/mol. The zero-order valence-corrected chi connectivity index (χ0v) is 16.1. The van der Waals surface area contributed by atoms with Gasteiger partial charge in [-0.3, -0.25) is 9.59 Å². The van der Waals surface area contributed by atoms with Crippen LogP contribution < -0.4 is 10.6 Å². The van der Waals surface area contributed by atoms with Crippen molar-refractivity contribution in [3.63, 3.8) is 0 Å². The maximum Gasteiger partial charge on any atom is 0.231 e. The van der Waals surface area contributed by atoms with E-state index in [9.17, 15) is 18.4 Å². The van der Waals surface area contributed by atoms with E-state index in [0.717, 1.165) is 18.4 Å². The van der Waals surface area contributed by atoms with Crippen molar-refractivity contribution < 1.29 is 18.4 Å². The van der Waals surface area contributed by atoms with E-state index in [-0.39, 0.29) is 29.5 Å². The summed E-state index contributed by atoms with van der Waals surface area (Å²) >= 11 is 0. The van der Waals surface area contributed by atoms with Crippen molar-refractivity contribution in [1.29, 1.82) is 0 Å². The number of rotatable bonds is 4. The van der Waals surface area contributed by atoms with Crippen molar-refractivity contribution in [3.05, 3.63) is 71.3 Å². The number of benzene rings is 2. The molecule has 2 N–H and O–H groups in total. The van der Waals surface area contributed by atoms with Crippen LogP contribution in [-0.2, 0) is 15.0 Å². The number of hydrogen-bond acceptors (Lipinski definition) is 2. The predicted octanol–water partition coefficient (Wildman–Crippen LogP) is 3.91. The lowest BCUT2D eigenvalue weighted by Gasteiger charge is -2.37. The summed E-state index contributed by atoms with van der Waals surface area (Å²) in [6.45, 7) is 0. The molecule has 1 saturated heterocycles. The zero-order valence-electron chi connectivity index (χ0n) is 16.1. The van der Waals surface area contributed by atoms with Crippen LogP contribution in [0.15, 0.2) is 48.5 Å². The summed E-state index contributed by atoms with van der Waals surface area (Å²) in [7, 11) is 0. The second kappa shape index (κ2) is 7.93. The fraction of sp³-hybridized carbons (Fsp3) is 0.391. The van der Waals surface area contributed by atoms with Gasteiger partial charge in [-0.1, -0.05) is 43.2 Å². The normalized spacial score (nSPS) is 23.4.